The molecule has 0 aliphatic heterocycles. The Morgan fingerprint density at radius 2 is 2.00 bits per heavy atom. The smallest absolute Gasteiger partial charge is 0.197 e. The Hall–Kier alpha value is -2.75. The lowest BCUT2D eigenvalue weighted by molar-refractivity contribution is 0.104. The van der Waals surface area contributed by atoms with Crippen molar-refractivity contribution in [2.24, 2.45) is 0 Å². The first kappa shape index (κ1) is 13.2. The van der Waals surface area contributed by atoms with E-state index in [-0.39, 0.29) is 5.78 Å². The van der Waals surface area contributed by atoms with Crippen LogP contribution in [0.4, 0.5) is 5.69 Å². The van der Waals surface area contributed by atoms with Crippen LogP contribution in [0.3, 0.4) is 0 Å². The molecule has 3 N–H and O–H groups in total. The molecule has 0 amide bonds. The summed E-state index contributed by atoms with van der Waals surface area (Å²) in [6, 6.07) is 12.8. The fraction of sp³-hybridized carbons (Fsp3) is 0.118. The van der Waals surface area contributed by atoms with E-state index in [1.54, 1.807) is 18.3 Å². The highest BCUT2D eigenvalue weighted by Gasteiger charge is 2.16. The number of ether oxygens (including phenoxy) is 1. The number of carbonyl (C=O) groups excluding carboxylic acids is 1. The number of anilines is 1. The fourth-order valence-corrected chi connectivity index (χ4v) is 2.39. The average molecular weight is 280 g/mol. The number of aromatic nitrogens is 1. The summed E-state index contributed by atoms with van der Waals surface area (Å²) >= 11 is 0. The number of nitrogens with two attached hydrogens (primary N) is 1. The molecule has 21 heavy (non-hydrogen) atoms. The highest BCUT2D eigenvalue weighted by Crippen LogP contribution is 2.26. The van der Waals surface area contributed by atoms with Crippen molar-refractivity contribution in [1.29, 1.82) is 0 Å². The lowest BCUT2D eigenvalue weighted by Gasteiger charge is -2.05. The number of benzene rings is 2. The Balaban J connectivity index is 2.10. The van der Waals surface area contributed by atoms with Crippen LogP contribution in [0.25, 0.3) is 10.9 Å². The molecule has 1 aromatic heterocycles. The number of rotatable bonds is 4. The molecule has 0 aliphatic rings. The Bertz CT molecular complexity index is 805. The lowest BCUT2D eigenvalue weighted by atomic mass is 10.0. The van der Waals surface area contributed by atoms with E-state index in [1.807, 2.05) is 37.3 Å². The van der Waals surface area contributed by atoms with Gasteiger partial charge in [0.15, 0.2) is 5.78 Å². The van der Waals surface area contributed by atoms with E-state index in [9.17, 15) is 4.79 Å². The Morgan fingerprint density at radius 3 is 2.76 bits per heavy atom. The molecule has 0 atom stereocenters. The maximum atomic E-state index is 12.7. The molecular weight excluding hydrogens is 264 g/mol. The minimum absolute atomic E-state index is 0.0898. The molecule has 0 aliphatic carbocycles. The quantitative estimate of drug-likeness (QED) is 0.568. The first-order valence-electron chi connectivity index (χ1n) is 6.84. The summed E-state index contributed by atoms with van der Waals surface area (Å²) in [6.07, 6.45) is 1.72. The van der Waals surface area contributed by atoms with Crippen molar-refractivity contribution in [3.63, 3.8) is 0 Å². The zero-order chi connectivity index (χ0) is 14.8. The average Bonchev–Trinajstić information content (AvgIpc) is 2.90. The zero-order valence-electron chi connectivity index (χ0n) is 11.7. The maximum absolute atomic E-state index is 12.7. The second kappa shape index (κ2) is 5.32. The van der Waals surface area contributed by atoms with E-state index in [4.69, 9.17) is 10.5 Å². The van der Waals surface area contributed by atoms with Gasteiger partial charge in [0.05, 0.1) is 6.61 Å². The highest BCUT2D eigenvalue weighted by molar-refractivity contribution is 6.18. The number of hydrogen-bond acceptors (Lipinski definition) is 3. The van der Waals surface area contributed by atoms with Gasteiger partial charge in [0.25, 0.3) is 0 Å². The molecule has 4 heteroatoms. The number of aromatic amines is 1. The second-order valence-electron chi connectivity index (χ2n) is 4.76. The third-order valence-corrected chi connectivity index (χ3v) is 3.41. The predicted octanol–water partition coefficient (Wildman–Crippen LogP) is 3.38. The summed E-state index contributed by atoms with van der Waals surface area (Å²) in [5.74, 6) is 0.660. The molecule has 4 nitrogen and oxygen atoms in total. The van der Waals surface area contributed by atoms with Gasteiger partial charge in [-0.05, 0) is 37.3 Å². The Morgan fingerprint density at radius 1 is 1.19 bits per heavy atom. The van der Waals surface area contributed by atoms with E-state index in [0.29, 0.717) is 23.4 Å². The molecule has 2 aromatic carbocycles. The monoisotopic (exact) mass is 280 g/mol. The molecule has 0 bridgehead atoms. The fourth-order valence-electron chi connectivity index (χ4n) is 2.39. The van der Waals surface area contributed by atoms with Crippen LogP contribution in [0.5, 0.6) is 5.75 Å². The van der Waals surface area contributed by atoms with Gasteiger partial charge in [-0.2, -0.15) is 0 Å². The van der Waals surface area contributed by atoms with Gasteiger partial charge in [-0.25, -0.2) is 0 Å². The van der Waals surface area contributed by atoms with Crippen molar-refractivity contribution < 1.29 is 9.53 Å². The third-order valence-electron chi connectivity index (χ3n) is 3.41. The minimum Gasteiger partial charge on any atom is -0.494 e. The summed E-state index contributed by atoms with van der Waals surface area (Å²) in [5.41, 5.74) is 8.39. The van der Waals surface area contributed by atoms with Crippen LogP contribution in [0.2, 0.25) is 0 Å². The van der Waals surface area contributed by atoms with Gasteiger partial charge in [0.1, 0.15) is 5.75 Å². The first-order valence-corrected chi connectivity index (χ1v) is 6.84. The zero-order valence-corrected chi connectivity index (χ0v) is 11.7. The molecule has 0 fully saturated rings. The molecule has 0 radical (unpaired) electrons. The largest absolute Gasteiger partial charge is 0.494 e. The van der Waals surface area contributed by atoms with Gasteiger partial charge >= 0.3 is 0 Å². The Kier molecular flexibility index (Phi) is 3.36. The van der Waals surface area contributed by atoms with Crippen LogP contribution in [-0.4, -0.2) is 17.4 Å². The topological polar surface area (TPSA) is 68.1 Å². The summed E-state index contributed by atoms with van der Waals surface area (Å²) < 4.78 is 5.50. The van der Waals surface area contributed by atoms with Crippen molar-refractivity contribution >= 4 is 22.4 Å². The van der Waals surface area contributed by atoms with Crippen LogP contribution >= 0.6 is 0 Å². The van der Waals surface area contributed by atoms with Gasteiger partial charge in [0, 0.05) is 33.9 Å². The van der Waals surface area contributed by atoms with Crippen LogP contribution in [0.15, 0.2) is 48.7 Å². The van der Waals surface area contributed by atoms with Gasteiger partial charge in [-0.3, -0.25) is 4.79 Å². The molecule has 0 saturated carbocycles. The van der Waals surface area contributed by atoms with E-state index in [1.165, 1.54) is 0 Å². The molecule has 106 valence electrons. The second-order valence-corrected chi connectivity index (χ2v) is 4.76. The van der Waals surface area contributed by atoms with E-state index < -0.39 is 0 Å². The summed E-state index contributed by atoms with van der Waals surface area (Å²) in [4.78, 5) is 15.8. The van der Waals surface area contributed by atoms with Crippen molar-refractivity contribution in [3.05, 3.63) is 59.8 Å². The van der Waals surface area contributed by atoms with Crippen LogP contribution in [-0.2, 0) is 0 Å². The Labute approximate surface area is 122 Å². The molecule has 1 heterocycles. The number of nitrogen functional groups attached to an aromatic ring is 1. The van der Waals surface area contributed by atoms with E-state index in [2.05, 4.69) is 4.98 Å². The predicted molar refractivity (Wildman–Crippen MR) is 83.8 cm³/mol. The maximum Gasteiger partial charge on any atom is 0.197 e. The van der Waals surface area contributed by atoms with Gasteiger partial charge in [-0.1, -0.05) is 12.1 Å². The normalized spacial score (nSPS) is 10.7. The van der Waals surface area contributed by atoms with Crippen LogP contribution in [0.1, 0.15) is 22.8 Å². The number of para-hydroxylation sites is 1. The number of hydrogen-bond donors (Lipinski definition) is 2. The lowest BCUT2D eigenvalue weighted by Crippen LogP contribution is -2.04. The molecule has 3 aromatic rings. The number of fused-ring (bicyclic) bond motifs is 1. The van der Waals surface area contributed by atoms with E-state index in [0.717, 1.165) is 16.7 Å². The number of ketones is 1. The molecule has 0 saturated heterocycles. The summed E-state index contributed by atoms with van der Waals surface area (Å²) in [7, 11) is 0. The van der Waals surface area contributed by atoms with E-state index >= 15 is 0 Å². The molecule has 0 spiro atoms. The molecule has 3 rings (SSSR count). The number of H-pyrrole nitrogens is 1. The summed E-state index contributed by atoms with van der Waals surface area (Å²) in [6.45, 7) is 2.52. The van der Waals surface area contributed by atoms with Gasteiger partial charge in [0.2, 0.25) is 0 Å². The van der Waals surface area contributed by atoms with Crippen molar-refractivity contribution in [2.75, 3.05) is 12.3 Å². The number of nitrogens with one attached hydrogen (secondary N) is 1. The SMILES string of the molecule is CCOc1ccc2[nH]cc(C(=O)c3ccccc3N)c2c1. The molecular formula is C17H16N2O2. The standard InChI is InChI=1S/C17H16N2O2/c1-2-21-11-7-8-16-13(9-11)14(10-19-16)17(20)12-5-3-4-6-15(12)18/h3-10,19H,2,18H2,1H3. The third kappa shape index (κ3) is 2.36. The summed E-state index contributed by atoms with van der Waals surface area (Å²) in [5, 5.41) is 0.842. The van der Waals surface area contributed by atoms with Gasteiger partial charge < -0.3 is 15.5 Å². The van der Waals surface area contributed by atoms with Crippen molar-refractivity contribution in [2.45, 2.75) is 6.92 Å². The molecule has 0 unspecified atom stereocenters. The van der Waals surface area contributed by atoms with Crippen LogP contribution in [0, 0.1) is 0 Å². The van der Waals surface area contributed by atoms with Crippen LogP contribution < -0.4 is 10.5 Å². The minimum atomic E-state index is -0.0898. The van der Waals surface area contributed by atoms with Crippen molar-refractivity contribution in [3.8, 4) is 5.75 Å². The first-order chi connectivity index (χ1) is 10.2. The number of carbonyl (C=O) groups is 1. The highest BCUT2D eigenvalue weighted by atomic mass is 16.5. The van der Waals surface area contributed by atoms with Gasteiger partial charge in [-0.15, -0.1) is 0 Å². The van der Waals surface area contributed by atoms with Crippen molar-refractivity contribution in [1.82, 2.24) is 4.98 Å².